The summed E-state index contributed by atoms with van der Waals surface area (Å²) in [5, 5.41) is 0. The van der Waals surface area contributed by atoms with Gasteiger partial charge in [-0.25, -0.2) is 0 Å². The molecule has 1 radical (unpaired) electrons. The number of nitrogens with zero attached hydrogens (tertiary/aromatic N) is 3. The van der Waals surface area contributed by atoms with E-state index in [1.54, 1.807) is 0 Å². The minimum atomic E-state index is 0. The predicted molar refractivity (Wildman–Crippen MR) is 51.6 cm³/mol. The first-order valence-corrected chi connectivity index (χ1v) is 4.29. The summed E-state index contributed by atoms with van der Waals surface area (Å²) in [5.41, 5.74) is 4.15. The van der Waals surface area contributed by atoms with Crippen LogP contribution in [-0.2, 0) is 39.8 Å². The van der Waals surface area contributed by atoms with Crippen LogP contribution in [0.2, 0.25) is 0 Å². The number of hydrogen-bond acceptors (Lipinski definition) is 2. The summed E-state index contributed by atoms with van der Waals surface area (Å²) in [6.07, 6.45) is 2.99. The molecule has 0 bridgehead atoms. The van der Waals surface area contributed by atoms with Crippen LogP contribution in [-0.4, -0.2) is 14.5 Å². The molecule has 0 aromatic carbocycles. The van der Waals surface area contributed by atoms with Gasteiger partial charge in [-0.1, -0.05) is 20.0 Å². The van der Waals surface area contributed by atoms with Crippen LogP contribution in [0.25, 0.3) is 11.0 Å². The van der Waals surface area contributed by atoms with E-state index in [9.17, 15) is 0 Å². The van der Waals surface area contributed by atoms with Crippen molar-refractivity contribution < 1.29 is 32.7 Å². The first-order valence-electron chi connectivity index (χ1n) is 4.29. The summed E-state index contributed by atoms with van der Waals surface area (Å²) in [4.78, 5) is 8.61. The molecule has 2 rings (SSSR count). The van der Waals surface area contributed by atoms with Gasteiger partial charge in [-0.3, -0.25) is 4.98 Å². The molecule has 0 saturated carbocycles. The molecule has 2 aromatic rings. The molecule has 2 aromatic heterocycles. The van der Waals surface area contributed by atoms with Crippen molar-refractivity contribution in [1.29, 1.82) is 0 Å². The molecule has 0 aliphatic carbocycles. The predicted octanol–water partition coefficient (Wildman–Crippen LogP) is 1.69. The van der Waals surface area contributed by atoms with Crippen molar-refractivity contribution in [3.8, 4) is 0 Å². The Morgan fingerprint density at radius 1 is 1.21 bits per heavy atom. The molecule has 0 saturated heterocycles. The maximum absolute atomic E-state index is 4.45. The zero-order valence-electron chi connectivity index (χ0n) is 8.92. The van der Waals surface area contributed by atoms with E-state index in [2.05, 4.69) is 20.7 Å². The Labute approximate surface area is 109 Å². The maximum Gasteiger partial charge on any atom is 0.0925 e. The number of imidazole rings is 1. The Kier molecular flexibility index (Phi) is 3.43. The van der Waals surface area contributed by atoms with E-state index in [4.69, 9.17) is 0 Å². The van der Waals surface area contributed by atoms with E-state index >= 15 is 0 Å². The molecular formula is C10H12N3Y-. The van der Waals surface area contributed by atoms with Crippen molar-refractivity contribution in [1.82, 2.24) is 14.5 Å². The van der Waals surface area contributed by atoms with E-state index in [0.717, 1.165) is 28.1 Å². The molecular weight excluding hydrogens is 251 g/mol. The van der Waals surface area contributed by atoms with Crippen LogP contribution in [0.1, 0.15) is 17.1 Å². The van der Waals surface area contributed by atoms with Crippen LogP contribution in [0.15, 0.2) is 0 Å². The molecule has 3 nitrogen and oxygen atoms in total. The normalized spacial score (nSPS) is 10.3. The van der Waals surface area contributed by atoms with E-state index in [0.29, 0.717) is 0 Å². The molecule has 0 amide bonds. The van der Waals surface area contributed by atoms with Gasteiger partial charge in [0, 0.05) is 45.3 Å². The van der Waals surface area contributed by atoms with Gasteiger partial charge in [-0.05, 0) is 18.1 Å². The van der Waals surface area contributed by atoms with Gasteiger partial charge >= 0.3 is 0 Å². The second-order valence-electron chi connectivity index (χ2n) is 3.35. The van der Waals surface area contributed by atoms with E-state index < -0.39 is 0 Å². The third-order valence-electron chi connectivity index (χ3n) is 2.41. The minimum absolute atomic E-state index is 0. The quantitative estimate of drug-likeness (QED) is 0.677. The molecule has 2 heterocycles. The van der Waals surface area contributed by atoms with E-state index in [-0.39, 0.29) is 32.7 Å². The number of aryl methyl sites for hydroxylation is 4. The molecule has 0 N–H and O–H groups in total. The Morgan fingerprint density at radius 2 is 1.86 bits per heavy atom. The van der Waals surface area contributed by atoms with Crippen LogP contribution in [0, 0.1) is 27.0 Å². The van der Waals surface area contributed by atoms with Crippen LogP contribution in [0.5, 0.6) is 0 Å². The summed E-state index contributed by atoms with van der Waals surface area (Å²) in [7, 11) is 2.02. The maximum atomic E-state index is 4.45. The Hall–Kier alpha value is -0.276. The van der Waals surface area contributed by atoms with Crippen molar-refractivity contribution in [3.05, 3.63) is 23.3 Å². The van der Waals surface area contributed by atoms with Gasteiger partial charge < -0.3 is 9.55 Å². The number of aromatic nitrogens is 3. The molecule has 4 heteroatoms. The summed E-state index contributed by atoms with van der Waals surface area (Å²) >= 11 is 0. The molecule has 0 atom stereocenters. The Morgan fingerprint density at radius 3 is 2.43 bits per heavy atom. The summed E-state index contributed by atoms with van der Waals surface area (Å²) < 4.78 is 2.08. The van der Waals surface area contributed by atoms with Crippen LogP contribution >= 0.6 is 0 Å². The Balaban J connectivity index is 0.000000980. The second kappa shape index (κ2) is 4.07. The zero-order valence-corrected chi connectivity index (χ0v) is 11.8. The van der Waals surface area contributed by atoms with Crippen LogP contribution < -0.4 is 0 Å². The fourth-order valence-corrected chi connectivity index (χ4v) is 1.57. The fourth-order valence-electron chi connectivity index (χ4n) is 1.57. The molecule has 0 fully saturated rings. The van der Waals surface area contributed by atoms with Gasteiger partial charge in [0.25, 0.3) is 0 Å². The second-order valence-corrected chi connectivity index (χ2v) is 3.35. The largest absolute Gasteiger partial charge is 0.389 e. The molecule has 0 spiro atoms. The molecule has 14 heavy (non-hydrogen) atoms. The van der Waals surface area contributed by atoms with E-state index in [1.807, 2.05) is 27.8 Å². The van der Waals surface area contributed by atoms with Gasteiger partial charge in [0.1, 0.15) is 0 Å². The summed E-state index contributed by atoms with van der Waals surface area (Å²) in [6, 6.07) is 0. The molecule has 0 aliphatic heterocycles. The monoisotopic (exact) mass is 263 g/mol. The molecule has 0 aliphatic rings. The Bertz CT molecular complexity index is 474. The zero-order chi connectivity index (χ0) is 9.59. The van der Waals surface area contributed by atoms with Gasteiger partial charge in [-0.2, -0.15) is 0 Å². The molecule has 0 unspecified atom stereocenters. The van der Waals surface area contributed by atoms with Crippen LogP contribution in [0.4, 0.5) is 0 Å². The third-order valence-corrected chi connectivity index (χ3v) is 2.41. The number of rotatable bonds is 0. The SMILES string of the molecule is Cc1n[c-]c(C)c2c1nc(C)n2C.[Y]. The number of pyridine rings is 1. The fraction of sp³-hybridized carbons (Fsp3) is 0.400. The summed E-state index contributed by atoms with van der Waals surface area (Å²) in [5.74, 6) is 1.02. The minimum Gasteiger partial charge on any atom is -0.389 e. The third kappa shape index (κ3) is 1.63. The smallest absolute Gasteiger partial charge is 0.0925 e. The van der Waals surface area contributed by atoms with Crippen molar-refractivity contribution in [2.75, 3.05) is 0 Å². The average Bonchev–Trinajstić information content (AvgIpc) is 2.38. The standard InChI is InChI=1S/C10H12N3.Y/c1-6-5-11-7(2)9-10(6)13(4)8(3)12-9;/h1-4H3;/q-1;. The topological polar surface area (TPSA) is 30.7 Å². The average molecular weight is 263 g/mol. The van der Waals surface area contributed by atoms with Gasteiger partial charge in [0.2, 0.25) is 0 Å². The van der Waals surface area contributed by atoms with Gasteiger partial charge in [-0.15, -0.1) is 5.56 Å². The van der Waals surface area contributed by atoms with Crippen LogP contribution in [0.3, 0.4) is 0 Å². The number of fused-ring (bicyclic) bond motifs is 1. The number of hydrogen-bond donors (Lipinski definition) is 0. The van der Waals surface area contributed by atoms with Gasteiger partial charge in [0.15, 0.2) is 0 Å². The van der Waals surface area contributed by atoms with Gasteiger partial charge in [0.05, 0.1) is 5.82 Å². The van der Waals surface area contributed by atoms with Crippen molar-refractivity contribution in [3.63, 3.8) is 0 Å². The summed E-state index contributed by atoms with van der Waals surface area (Å²) in [6.45, 7) is 5.97. The first-order chi connectivity index (χ1) is 6.11. The van der Waals surface area contributed by atoms with Crippen molar-refractivity contribution in [2.24, 2.45) is 7.05 Å². The first kappa shape index (κ1) is 11.8. The molecule has 71 valence electrons. The van der Waals surface area contributed by atoms with Crippen molar-refractivity contribution >= 4 is 11.0 Å². The van der Waals surface area contributed by atoms with E-state index in [1.165, 1.54) is 0 Å². The van der Waals surface area contributed by atoms with Crippen molar-refractivity contribution in [2.45, 2.75) is 20.8 Å².